The molecular weight excluding hydrogens is 430 g/mol. The Balaban J connectivity index is 2.72. The van der Waals surface area contributed by atoms with Crippen molar-refractivity contribution in [3.63, 3.8) is 0 Å². The Morgan fingerprint density at radius 1 is 0.970 bits per heavy atom. The van der Waals surface area contributed by atoms with E-state index in [2.05, 4.69) is 16.0 Å². The van der Waals surface area contributed by atoms with Crippen LogP contribution in [0.5, 0.6) is 5.75 Å². The SMILES string of the molecule is COc1ccc(C(C)=O)cc1CC(=O)NC(C(=O)NCC(=O)CNC(=O)OC(C)C)=C(C)C. The van der Waals surface area contributed by atoms with Crippen molar-refractivity contribution in [2.75, 3.05) is 20.2 Å². The molecule has 0 saturated heterocycles. The van der Waals surface area contributed by atoms with Crippen LogP contribution in [-0.4, -0.2) is 55.8 Å². The topological polar surface area (TPSA) is 140 Å². The summed E-state index contributed by atoms with van der Waals surface area (Å²) in [7, 11) is 1.45. The minimum atomic E-state index is -0.730. The summed E-state index contributed by atoms with van der Waals surface area (Å²) in [5, 5.41) is 7.26. The van der Waals surface area contributed by atoms with Gasteiger partial charge in [0.15, 0.2) is 11.6 Å². The van der Waals surface area contributed by atoms with Gasteiger partial charge in [-0.25, -0.2) is 4.79 Å². The normalized spacial score (nSPS) is 10.2. The standard InChI is InChI=1S/C23H31N3O7/c1-13(2)21(22(30)24-11-18(28)12-25-23(31)33-14(3)4)26-20(29)10-17-9-16(15(5)27)7-8-19(17)32-6/h7-9,14H,10-12H2,1-6H3,(H,24,30)(H,25,31)(H,26,29). The van der Waals surface area contributed by atoms with Crippen LogP contribution in [0.2, 0.25) is 0 Å². The van der Waals surface area contributed by atoms with Crippen molar-refractivity contribution in [1.82, 2.24) is 16.0 Å². The van der Waals surface area contributed by atoms with Crippen molar-refractivity contribution in [2.24, 2.45) is 0 Å². The Bertz CT molecular complexity index is 947. The smallest absolute Gasteiger partial charge is 0.407 e. The Morgan fingerprint density at radius 3 is 2.15 bits per heavy atom. The lowest BCUT2D eigenvalue weighted by atomic mass is 10.0. The first-order valence-corrected chi connectivity index (χ1v) is 10.3. The second-order valence-corrected chi connectivity index (χ2v) is 7.71. The molecule has 0 fully saturated rings. The lowest BCUT2D eigenvalue weighted by Crippen LogP contribution is -2.41. The van der Waals surface area contributed by atoms with Crippen LogP contribution < -0.4 is 20.7 Å². The number of ketones is 2. The van der Waals surface area contributed by atoms with Crippen LogP contribution in [0.3, 0.4) is 0 Å². The van der Waals surface area contributed by atoms with Gasteiger partial charge in [-0.1, -0.05) is 0 Å². The maximum Gasteiger partial charge on any atom is 0.407 e. The van der Waals surface area contributed by atoms with Crippen LogP contribution >= 0.6 is 0 Å². The third kappa shape index (κ3) is 9.55. The number of alkyl carbamates (subject to hydrolysis) is 1. The molecule has 3 N–H and O–H groups in total. The average molecular weight is 462 g/mol. The third-order valence-electron chi connectivity index (χ3n) is 4.25. The van der Waals surface area contributed by atoms with E-state index < -0.39 is 23.7 Å². The summed E-state index contributed by atoms with van der Waals surface area (Å²) < 4.78 is 10.1. The predicted molar refractivity (Wildman–Crippen MR) is 121 cm³/mol. The molecule has 1 aromatic rings. The van der Waals surface area contributed by atoms with E-state index in [0.29, 0.717) is 22.4 Å². The monoisotopic (exact) mass is 461 g/mol. The van der Waals surface area contributed by atoms with Crippen molar-refractivity contribution in [2.45, 2.75) is 47.1 Å². The van der Waals surface area contributed by atoms with Crippen molar-refractivity contribution < 1.29 is 33.4 Å². The van der Waals surface area contributed by atoms with Gasteiger partial charge >= 0.3 is 6.09 Å². The molecule has 180 valence electrons. The number of carbonyl (C=O) groups is 5. The summed E-state index contributed by atoms with van der Waals surface area (Å²) in [6.07, 6.45) is -1.19. The van der Waals surface area contributed by atoms with E-state index in [9.17, 15) is 24.0 Å². The number of allylic oxidation sites excluding steroid dienone is 1. The number of carbonyl (C=O) groups excluding carboxylic acids is 5. The number of benzene rings is 1. The highest BCUT2D eigenvalue weighted by molar-refractivity contribution is 6.00. The molecule has 0 aliphatic rings. The van der Waals surface area contributed by atoms with Gasteiger partial charge in [0.25, 0.3) is 5.91 Å². The number of rotatable bonds is 11. The van der Waals surface area contributed by atoms with E-state index in [0.717, 1.165) is 0 Å². The molecule has 0 spiro atoms. The summed E-state index contributed by atoms with van der Waals surface area (Å²) in [4.78, 5) is 60.1. The van der Waals surface area contributed by atoms with Gasteiger partial charge in [0.05, 0.1) is 32.7 Å². The van der Waals surface area contributed by atoms with Gasteiger partial charge < -0.3 is 25.4 Å². The summed E-state index contributed by atoms with van der Waals surface area (Å²) in [6.45, 7) is 7.38. The van der Waals surface area contributed by atoms with Gasteiger partial charge in [0.1, 0.15) is 11.4 Å². The van der Waals surface area contributed by atoms with Gasteiger partial charge in [0, 0.05) is 11.1 Å². The Kier molecular flexibility index (Phi) is 10.8. The number of ether oxygens (including phenoxy) is 2. The van der Waals surface area contributed by atoms with Crippen LogP contribution in [0.25, 0.3) is 0 Å². The number of methoxy groups -OCH3 is 1. The molecule has 0 bridgehead atoms. The molecule has 3 amide bonds. The summed E-state index contributed by atoms with van der Waals surface area (Å²) in [5.41, 5.74) is 1.45. The van der Waals surface area contributed by atoms with E-state index >= 15 is 0 Å². The van der Waals surface area contributed by atoms with Crippen molar-refractivity contribution in [3.8, 4) is 5.75 Å². The molecule has 0 aromatic heterocycles. The molecule has 0 heterocycles. The lowest BCUT2D eigenvalue weighted by molar-refractivity contribution is -0.124. The van der Waals surface area contributed by atoms with Gasteiger partial charge in [-0.05, 0) is 58.4 Å². The Morgan fingerprint density at radius 2 is 1.61 bits per heavy atom. The molecule has 1 rings (SSSR count). The lowest BCUT2D eigenvalue weighted by Gasteiger charge is -2.14. The third-order valence-corrected chi connectivity index (χ3v) is 4.25. The van der Waals surface area contributed by atoms with Crippen molar-refractivity contribution in [3.05, 3.63) is 40.6 Å². The first-order chi connectivity index (χ1) is 15.4. The summed E-state index contributed by atoms with van der Waals surface area (Å²) >= 11 is 0. The fourth-order valence-corrected chi connectivity index (χ4v) is 2.66. The number of hydrogen-bond acceptors (Lipinski definition) is 7. The molecule has 0 aliphatic carbocycles. The largest absolute Gasteiger partial charge is 0.496 e. The van der Waals surface area contributed by atoms with Crippen LogP contribution in [0.4, 0.5) is 4.79 Å². The molecule has 33 heavy (non-hydrogen) atoms. The maximum atomic E-state index is 12.6. The fourth-order valence-electron chi connectivity index (χ4n) is 2.66. The van der Waals surface area contributed by atoms with Gasteiger partial charge in [-0.2, -0.15) is 0 Å². The number of nitrogens with one attached hydrogen (secondary N) is 3. The Labute approximate surface area is 193 Å². The molecule has 0 aliphatic heterocycles. The fraction of sp³-hybridized carbons (Fsp3) is 0.435. The molecule has 0 unspecified atom stereocenters. The molecule has 10 nitrogen and oxygen atoms in total. The van der Waals surface area contributed by atoms with Gasteiger partial charge in [0.2, 0.25) is 5.91 Å². The maximum absolute atomic E-state index is 12.6. The summed E-state index contributed by atoms with van der Waals surface area (Å²) in [6, 6.07) is 4.77. The van der Waals surface area contributed by atoms with E-state index in [1.165, 1.54) is 14.0 Å². The zero-order valence-corrected chi connectivity index (χ0v) is 19.8. The second-order valence-electron chi connectivity index (χ2n) is 7.71. The van der Waals surface area contributed by atoms with E-state index in [1.807, 2.05) is 0 Å². The van der Waals surface area contributed by atoms with Crippen molar-refractivity contribution >= 4 is 29.5 Å². The van der Waals surface area contributed by atoms with E-state index in [-0.39, 0.29) is 37.1 Å². The minimum Gasteiger partial charge on any atom is -0.496 e. The number of Topliss-reactive ketones (excluding diaryl/α,β-unsaturated/α-hetero) is 2. The zero-order chi connectivity index (χ0) is 25.1. The Hall–Kier alpha value is -3.69. The number of hydrogen-bond donors (Lipinski definition) is 3. The molecule has 0 radical (unpaired) electrons. The highest BCUT2D eigenvalue weighted by Crippen LogP contribution is 2.21. The van der Waals surface area contributed by atoms with Crippen LogP contribution in [0.1, 0.15) is 50.5 Å². The quantitative estimate of drug-likeness (QED) is 0.336. The highest BCUT2D eigenvalue weighted by Gasteiger charge is 2.18. The number of amides is 3. The van der Waals surface area contributed by atoms with Gasteiger partial charge in [-0.3, -0.25) is 19.2 Å². The van der Waals surface area contributed by atoms with Gasteiger partial charge in [-0.15, -0.1) is 0 Å². The van der Waals surface area contributed by atoms with E-state index in [4.69, 9.17) is 9.47 Å². The molecular formula is C23H31N3O7. The zero-order valence-electron chi connectivity index (χ0n) is 19.8. The predicted octanol–water partition coefficient (Wildman–Crippen LogP) is 1.67. The molecule has 10 heteroatoms. The molecule has 0 atom stereocenters. The second kappa shape index (κ2) is 13.0. The minimum absolute atomic E-state index is 0.00154. The van der Waals surface area contributed by atoms with Crippen LogP contribution in [0, 0.1) is 0 Å². The van der Waals surface area contributed by atoms with Crippen LogP contribution in [0.15, 0.2) is 29.5 Å². The summed E-state index contributed by atoms with van der Waals surface area (Å²) in [5.74, 6) is -1.31. The van der Waals surface area contributed by atoms with Crippen LogP contribution in [-0.2, 0) is 25.5 Å². The first-order valence-electron chi connectivity index (χ1n) is 10.3. The average Bonchev–Trinajstić information content (AvgIpc) is 2.73. The first kappa shape index (κ1) is 27.3. The molecule has 1 aromatic carbocycles. The molecule has 0 saturated carbocycles. The van der Waals surface area contributed by atoms with Crippen molar-refractivity contribution in [1.29, 1.82) is 0 Å². The van der Waals surface area contributed by atoms with E-state index in [1.54, 1.807) is 45.9 Å². The highest BCUT2D eigenvalue weighted by atomic mass is 16.6.